The first-order chi connectivity index (χ1) is 13.8. The summed E-state index contributed by atoms with van der Waals surface area (Å²) in [6.07, 6.45) is 1.60. The Bertz CT molecular complexity index is 984. The number of para-hydroxylation sites is 2. The largest absolute Gasteiger partial charge is 0.490 e. The molecule has 0 aliphatic carbocycles. The lowest BCUT2D eigenvalue weighted by atomic mass is 10.2. The molecule has 1 fully saturated rings. The standard InChI is InChI=1S/C22H22N2O4S/c1-14(2)28-18-11-7-5-9-16(18)12-19-21(26)24(22(27)29-19)13-20(25)23-17-10-6-4-8-15(17)3/h4-12,14H,13H2,1-3H3,(H,23,25)/b19-12-. The maximum absolute atomic E-state index is 12.7. The molecule has 1 aliphatic heterocycles. The number of thioether (sulfide) groups is 1. The quantitative estimate of drug-likeness (QED) is 0.712. The van der Waals surface area contributed by atoms with Gasteiger partial charge >= 0.3 is 0 Å². The number of nitrogens with one attached hydrogen (secondary N) is 1. The average Bonchev–Trinajstić information content (AvgIpc) is 2.92. The van der Waals surface area contributed by atoms with E-state index < -0.39 is 17.1 Å². The number of ether oxygens (including phenoxy) is 1. The van der Waals surface area contributed by atoms with Crippen LogP contribution in [0.15, 0.2) is 53.4 Å². The molecule has 0 spiro atoms. The molecular weight excluding hydrogens is 388 g/mol. The number of carbonyl (C=O) groups is 3. The van der Waals surface area contributed by atoms with E-state index in [0.717, 1.165) is 22.2 Å². The summed E-state index contributed by atoms with van der Waals surface area (Å²) in [6, 6.07) is 14.6. The number of rotatable bonds is 6. The lowest BCUT2D eigenvalue weighted by Gasteiger charge is -2.14. The zero-order chi connectivity index (χ0) is 21.0. The van der Waals surface area contributed by atoms with Crippen LogP contribution < -0.4 is 10.1 Å². The molecule has 7 heteroatoms. The predicted molar refractivity (Wildman–Crippen MR) is 115 cm³/mol. The Morgan fingerprint density at radius 1 is 1.14 bits per heavy atom. The Kier molecular flexibility index (Phi) is 6.39. The summed E-state index contributed by atoms with van der Waals surface area (Å²) in [5.41, 5.74) is 2.26. The molecule has 29 heavy (non-hydrogen) atoms. The summed E-state index contributed by atoms with van der Waals surface area (Å²) < 4.78 is 5.76. The summed E-state index contributed by atoms with van der Waals surface area (Å²) in [7, 11) is 0. The fourth-order valence-corrected chi connectivity index (χ4v) is 3.61. The molecule has 0 aromatic heterocycles. The molecular formula is C22H22N2O4S. The molecule has 3 amide bonds. The van der Waals surface area contributed by atoms with E-state index in [1.807, 2.05) is 63.2 Å². The van der Waals surface area contributed by atoms with Crippen molar-refractivity contribution in [3.63, 3.8) is 0 Å². The molecule has 1 N–H and O–H groups in total. The molecule has 3 rings (SSSR count). The average molecular weight is 410 g/mol. The molecule has 1 saturated heterocycles. The van der Waals surface area contributed by atoms with Gasteiger partial charge in [-0.05, 0) is 56.3 Å². The number of benzene rings is 2. The van der Waals surface area contributed by atoms with Crippen LogP contribution in [0.25, 0.3) is 6.08 Å². The van der Waals surface area contributed by atoms with Gasteiger partial charge in [-0.3, -0.25) is 19.3 Å². The highest BCUT2D eigenvalue weighted by molar-refractivity contribution is 8.18. The van der Waals surface area contributed by atoms with E-state index in [4.69, 9.17) is 4.74 Å². The minimum atomic E-state index is -0.487. The minimum Gasteiger partial charge on any atom is -0.490 e. The maximum atomic E-state index is 12.7. The highest BCUT2D eigenvalue weighted by atomic mass is 32.2. The SMILES string of the molecule is Cc1ccccc1NC(=O)CN1C(=O)S/C(=C\c2ccccc2OC(C)C)C1=O. The van der Waals surface area contributed by atoms with Crippen LogP contribution in [0.1, 0.15) is 25.0 Å². The van der Waals surface area contributed by atoms with Crippen LogP contribution in [0.2, 0.25) is 0 Å². The summed E-state index contributed by atoms with van der Waals surface area (Å²) in [6.45, 7) is 5.37. The third-order valence-electron chi connectivity index (χ3n) is 4.16. The maximum Gasteiger partial charge on any atom is 0.294 e. The number of nitrogens with zero attached hydrogens (tertiary/aromatic N) is 1. The minimum absolute atomic E-state index is 0.0234. The summed E-state index contributed by atoms with van der Waals surface area (Å²) >= 11 is 0.819. The molecule has 6 nitrogen and oxygen atoms in total. The van der Waals surface area contributed by atoms with Gasteiger partial charge in [-0.25, -0.2) is 0 Å². The number of anilines is 1. The molecule has 0 saturated carbocycles. The fraction of sp³-hybridized carbons (Fsp3) is 0.227. The molecule has 1 heterocycles. The Labute approximate surface area is 173 Å². The van der Waals surface area contributed by atoms with E-state index in [-0.39, 0.29) is 17.6 Å². The number of amides is 3. The van der Waals surface area contributed by atoms with Gasteiger partial charge in [0.15, 0.2) is 0 Å². The zero-order valence-corrected chi connectivity index (χ0v) is 17.3. The fourth-order valence-electron chi connectivity index (χ4n) is 2.79. The van der Waals surface area contributed by atoms with E-state index in [1.54, 1.807) is 12.1 Å². The normalized spacial score (nSPS) is 15.3. The Balaban J connectivity index is 1.74. The Hall–Kier alpha value is -3.06. The van der Waals surface area contributed by atoms with Crippen molar-refractivity contribution < 1.29 is 19.1 Å². The van der Waals surface area contributed by atoms with E-state index in [2.05, 4.69) is 5.32 Å². The van der Waals surface area contributed by atoms with E-state index in [0.29, 0.717) is 17.0 Å². The third kappa shape index (κ3) is 5.06. The van der Waals surface area contributed by atoms with E-state index in [9.17, 15) is 14.4 Å². The van der Waals surface area contributed by atoms with Crippen LogP contribution in [-0.4, -0.2) is 34.6 Å². The number of hydrogen-bond acceptors (Lipinski definition) is 5. The van der Waals surface area contributed by atoms with Crippen molar-refractivity contribution in [3.8, 4) is 5.75 Å². The lowest BCUT2D eigenvalue weighted by molar-refractivity contribution is -0.127. The number of hydrogen-bond donors (Lipinski definition) is 1. The molecule has 150 valence electrons. The first kappa shape index (κ1) is 20.7. The van der Waals surface area contributed by atoms with Crippen LogP contribution in [0.4, 0.5) is 10.5 Å². The van der Waals surface area contributed by atoms with Gasteiger partial charge in [0, 0.05) is 11.3 Å². The smallest absolute Gasteiger partial charge is 0.294 e. The van der Waals surface area contributed by atoms with Gasteiger partial charge in [0.1, 0.15) is 12.3 Å². The van der Waals surface area contributed by atoms with Gasteiger partial charge in [-0.1, -0.05) is 36.4 Å². The Morgan fingerprint density at radius 3 is 2.55 bits per heavy atom. The van der Waals surface area contributed by atoms with Crippen molar-refractivity contribution in [2.24, 2.45) is 0 Å². The highest BCUT2D eigenvalue weighted by Gasteiger charge is 2.36. The molecule has 1 aliphatic rings. The molecule has 0 bridgehead atoms. The van der Waals surface area contributed by atoms with Gasteiger partial charge in [0.25, 0.3) is 11.1 Å². The first-order valence-electron chi connectivity index (χ1n) is 9.21. The van der Waals surface area contributed by atoms with Crippen molar-refractivity contribution in [1.29, 1.82) is 0 Å². The Morgan fingerprint density at radius 2 is 1.83 bits per heavy atom. The molecule has 2 aromatic rings. The van der Waals surface area contributed by atoms with Crippen molar-refractivity contribution in [2.75, 3.05) is 11.9 Å². The summed E-state index contributed by atoms with van der Waals surface area (Å²) in [5, 5.41) is 2.27. The molecule has 0 radical (unpaired) electrons. The van der Waals surface area contributed by atoms with Crippen LogP contribution in [0.3, 0.4) is 0 Å². The number of carbonyl (C=O) groups excluding carboxylic acids is 3. The van der Waals surface area contributed by atoms with Crippen LogP contribution in [0.5, 0.6) is 5.75 Å². The summed E-state index contributed by atoms with van der Waals surface area (Å²) in [5.74, 6) is -0.280. The predicted octanol–water partition coefficient (Wildman–Crippen LogP) is 4.46. The second kappa shape index (κ2) is 8.96. The second-order valence-electron chi connectivity index (χ2n) is 6.84. The second-order valence-corrected chi connectivity index (χ2v) is 7.83. The monoisotopic (exact) mass is 410 g/mol. The van der Waals surface area contributed by atoms with Gasteiger partial charge < -0.3 is 10.1 Å². The van der Waals surface area contributed by atoms with Crippen LogP contribution in [-0.2, 0) is 9.59 Å². The lowest BCUT2D eigenvalue weighted by Crippen LogP contribution is -2.36. The zero-order valence-electron chi connectivity index (χ0n) is 16.5. The number of imide groups is 1. The van der Waals surface area contributed by atoms with Gasteiger partial charge in [0.2, 0.25) is 5.91 Å². The van der Waals surface area contributed by atoms with Crippen molar-refractivity contribution in [3.05, 3.63) is 64.6 Å². The molecule has 2 aromatic carbocycles. The van der Waals surface area contributed by atoms with E-state index >= 15 is 0 Å². The van der Waals surface area contributed by atoms with E-state index in [1.165, 1.54) is 0 Å². The molecule has 0 unspecified atom stereocenters. The first-order valence-corrected chi connectivity index (χ1v) is 10.0. The van der Waals surface area contributed by atoms with Crippen LogP contribution in [0, 0.1) is 6.92 Å². The van der Waals surface area contributed by atoms with Crippen molar-refractivity contribution in [1.82, 2.24) is 4.90 Å². The van der Waals surface area contributed by atoms with Crippen LogP contribution >= 0.6 is 11.8 Å². The highest BCUT2D eigenvalue weighted by Crippen LogP contribution is 2.34. The third-order valence-corrected chi connectivity index (χ3v) is 5.07. The molecule has 0 atom stereocenters. The van der Waals surface area contributed by atoms with Gasteiger partial charge in [0.05, 0.1) is 11.0 Å². The van der Waals surface area contributed by atoms with Crippen molar-refractivity contribution in [2.45, 2.75) is 26.9 Å². The number of aryl methyl sites for hydroxylation is 1. The van der Waals surface area contributed by atoms with Gasteiger partial charge in [-0.2, -0.15) is 0 Å². The topological polar surface area (TPSA) is 75.7 Å². The van der Waals surface area contributed by atoms with Gasteiger partial charge in [-0.15, -0.1) is 0 Å². The van der Waals surface area contributed by atoms with Crippen molar-refractivity contribution >= 4 is 40.6 Å². The summed E-state index contributed by atoms with van der Waals surface area (Å²) in [4.78, 5) is 38.6.